The van der Waals surface area contributed by atoms with Gasteiger partial charge in [0.05, 0.1) is 16.3 Å². The van der Waals surface area contributed by atoms with Crippen LogP contribution in [0.5, 0.6) is 0 Å². The lowest BCUT2D eigenvalue weighted by molar-refractivity contribution is -0.107. The number of amides is 2. The first kappa shape index (κ1) is 15.1. The van der Waals surface area contributed by atoms with Crippen LogP contribution in [-0.4, -0.2) is 48.2 Å². The first-order valence-electron chi connectivity index (χ1n) is 6.22. The number of carboxylic acid groups (broad SMARTS) is 1. The number of hydrogen-bond acceptors (Lipinski definition) is 4. The molecule has 0 saturated heterocycles. The van der Waals surface area contributed by atoms with E-state index in [1.54, 1.807) is 23.1 Å². The van der Waals surface area contributed by atoms with Crippen molar-refractivity contribution in [2.45, 2.75) is 12.7 Å². The third-order valence-corrected chi connectivity index (χ3v) is 3.55. The van der Waals surface area contributed by atoms with Crippen molar-refractivity contribution in [3.63, 3.8) is 0 Å². The molecule has 1 aliphatic heterocycles. The Morgan fingerprint density at radius 1 is 1.57 bits per heavy atom. The van der Waals surface area contributed by atoms with Gasteiger partial charge in [0.2, 0.25) is 0 Å². The van der Waals surface area contributed by atoms with E-state index in [2.05, 4.69) is 5.32 Å². The van der Waals surface area contributed by atoms with Crippen LogP contribution in [0.1, 0.15) is 16.8 Å². The molecule has 1 heterocycles. The molecule has 1 unspecified atom stereocenters. The summed E-state index contributed by atoms with van der Waals surface area (Å²) in [6.07, 6.45) is -1.15. The second-order valence-corrected chi connectivity index (χ2v) is 4.93. The van der Waals surface area contributed by atoms with Crippen molar-refractivity contribution in [1.29, 1.82) is 0 Å². The van der Waals surface area contributed by atoms with Crippen molar-refractivity contribution in [1.82, 2.24) is 10.2 Å². The summed E-state index contributed by atoms with van der Waals surface area (Å²) in [4.78, 5) is 36.5. The zero-order valence-corrected chi connectivity index (χ0v) is 12.0. The van der Waals surface area contributed by atoms with Gasteiger partial charge in [-0.15, -0.1) is 0 Å². The number of halogens is 1. The summed E-state index contributed by atoms with van der Waals surface area (Å²) >= 11 is 6.04. The second kappa shape index (κ2) is 6.01. The van der Waals surface area contributed by atoms with E-state index >= 15 is 0 Å². The fourth-order valence-electron chi connectivity index (χ4n) is 2.22. The van der Waals surface area contributed by atoms with Crippen LogP contribution in [0, 0.1) is 0 Å². The zero-order chi connectivity index (χ0) is 15.6. The zero-order valence-electron chi connectivity index (χ0n) is 11.2. The van der Waals surface area contributed by atoms with Crippen LogP contribution in [0.4, 0.5) is 10.5 Å². The SMILES string of the molecule is CN(C(=O)O)C1NC(=O)c2c(Cl)cccc2N1CCC=O. The number of hydrogen-bond donors (Lipinski definition) is 2. The number of rotatable bonds is 4. The molecule has 21 heavy (non-hydrogen) atoms. The van der Waals surface area contributed by atoms with Crippen LogP contribution < -0.4 is 10.2 Å². The Morgan fingerprint density at radius 2 is 2.29 bits per heavy atom. The molecular weight excluding hydrogens is 298 g/mol. The fourth-order valence-corrected chi connectivity index (χ4v) is 2.48. The van der Waals surface area contributed by atoms with E-state index in [4.69, 9.17) is 16.7 Å². The van der Waals surface area contributed by atoms with Crippen molar-refractivity contribution in [2.75, 3.05) is 18.5 Å². The standard InChI is InChI=1S/C13H14ClN3O4/c1-16(13(20)21)12-15-11(19)10-8(14)4-2-5-9(10)17(12)6-3-7-18/h2,4-5,7,12H,3,6H2,1H3,(H,15,19)(H,20,21). The van der Waals surface area contributed by atoms with Crippen molar-refractivity contribution < 1.29 is 19.5 Å². The largest absolute Gasteiger partial charge is 0.465 e. The highest BCUT2D eigenvalue weighted by molar-refractivity contribution is 6.34. The number of nitrogens with one attached hydrogen (secondary N) is 1. The Bertz CT molecular complexity index is 593. The van der Waals surface area contributed by atoms with Gasteiger partial charge in [-0.05, 0) is 12.1 Å². The van der Waals surface area contributed by atoms with Crippen molar-refractivity contribution in [2.24, 2.45) is 0 Å². The summed E-state index contributed by atoms with van der Waals surface area (Å²) in [6.45, 7) is 0.263. The number of carbonyl (C=O) groups excluding carboxylic acids is 2. The van der Waals surface area contributed by atoms with E-state index in [1.807, 2.05) is 0 Å². The number of fused-ring (bicyclic) bond motifs is 1. The topological polar surface area (TPSA) is 90.0 Å². The van der Waals surface area contributed by atoms with Crippen LogP contribution >= 0.6 is 11.6 Å². The van der Waals surface area contributed by atoms with E-state index in [9.17, 15) is 14.4 Å². The smallest absolute Gasteiger partial charge is 0.410 e. The Morgan fingerprint density at radius 3 is 2.90 bits per heavy atom. The molecule has 8 heteroatoms. The average molecular weight is 312 g/mol. The normalized spacial score (nSPS) is 17.0. The Kier molecular flexibility index (Phi) is 4.32. The summed E-state index contributed by atoms with van der Waals surface area (Å²) < 4.78 is 0. The molecule has 0 radical (unpaired) electrons. The first-order chi connectivity index (χ1) is 9.97. The molecule has 1 aliphatic rings. The molecule has 7 nitrogen and oxygen atoms in total. The molecule has 0 spiro atoms. The summed E-state index contributed by atoms with van der Waals surface area (Å²) in [5.74, 6) is -0.448. The van der Waals surface area contributed by atoms with Crippen LogP contribution in [0.3, 0.4) is 0 Å². The Labute approximate surface area is 126 Å². The molecule has 1 aromatic rings. The Balaban J connectivity index is 2.48. The number of aldehydes is 1. The summed E-state index contributed by atoms with van der Waals surface area (Å²) in [7, 11) is 1.34. The maximum absolute atomic E-state index is 12.2. The van der Waals surface area contributed by atoms with Crippen molar-refractivity contribution in [3.05, 3.63) is 28.8 Å². The lowest BCUT2D eigenvalue weighted by Gasteiger charge is -2.42. The summed E-state index contributed by atoms with van der Waals surface area (Å²) in [6, 6.07) is 4.93. The van der Waals surface area contributed by atoms with Crippen LogP contribution in [0.25, 0.3) is 0 Å². The Hall–Kier alpha value is -2.28. The molecule has 0 bridgehead atoms. The second-order valence-electron chi connectivity index (χ2n) is 4.52. The maximum Gasteiger partial charge on any atom is 0.410 e. The maximum atomic E-state index is 12.2. The van der Waals surface area contributed by atoms with E-state index in [0.29, 0.717) is 5.69 Å². The number of anilines is 1. The third kappa shape index (κ3) is 2.78. The van der Waals surface area contributed by atoms with Gasteiger partial charge in [0.25, 0.3) is 5.91 Å². The fraction of sp³-hybridized carbons (Fsp3) is 0.308. The number of carbonyl (C=O) groups is 3. The molecule has 0 saturated carbocycles. The predicted molar refractivity (Wildman–Crippen MR) is 76.5 cm³/mol. The number of nitrogens with zero attached hydrogens (tertiary/aromatic N) is 2. The monoisotopic (exact) mass is 311 g/mol. The van der Waals surface area contributed by atoms with E-state index in [0.717, 1.165) is 11.2 Å². The van der Waals surface area contributed by atoms with Crippen LogP contribution in [-0.2, 0) is 4.79 Å². The summed E-state index contributed by atoms with van der Waals surface area (Å²) in [5, 5.41) is 12.0. The predicted octanol–water partition coefficient (Wildman–Crippen LogP) is 1.37. The average Bonchev–Trinajstić information content (AvgIpc) is 2.45. The number of benzene rings is 1. The van der Waals surface area contributed by atoms with Gasteiger partial charge in [0, 0.05) is 20.0 Å². The van der Waals surface area contributed by atoms with Crippen LogP contribution in [0.2, 0.25) is 5.02 Å². The molecule has 0 aromatic heterocycles. The van der Waals surface area contributed by atoms with E-state index in [-0.39, 0.29) is 23.6 Å². The van der Waals surface area contributed by atoms with Gasteiger partial charge in [-0.2, -0.15) is 0 Å². The molecule has 2 rings (SSSR count). The molecule has 2 amide bonds. The third-order valence-electron chi connectivity index (χ3n) is 3.24. The van der Waals surface area contributed by atoms with Crippen molar-refractivity contribution >= 4 is 35.6 Å². The minimum absolute atomic E-state index is 0.200. The van der Waals surface area contributed by atoms with Gasteiger partial charge in [0.15, 0.2) is 6.29 Å². The lowest BCUT2D eigenvalue weighted by atomic mass is 10.1. The highest BCUT2D eigenvalue weighted by atomic mass is 35.5. The molecular formula is C13H14ClN3O4. The molecule has 0 fully saturated rings. The van der Waals surface area contributed by atoms with Gasteiger partial charge < -0.3 is 20.1 Å². The molecule has 2 N–H and O–H groups in total. The molecule has 0 aliphatic carbocycles. The van der Waals surface area contributed by atoms with Gasteiger partial charge in [-0.25, -0.2) is 4.79 Å². The molecule has 112 valence electrons. The first-order valence-corrected chi connectivity index (χ1v) is 6.60. The van der Waals surface area contributed by atoms with E-state index < -0.39 is 18.3 Å². The summed E-state index contributed by atoms with van der Waals surface area (Å²) in [5.41, 5.74) is 0.784. The minimum Gasteiger partial charge on any atom is -0.465 e. The van der Waals surface area contributed by atoms with E-state index in [1.165, 1.54) is 7.05 Å². The highest BCUT2D eigenvalue weighted by Gasteiger charge is 2.35. The minimum atomic E-state index is -1.19. The molecule has 1 atom stereocenters. The van der Waals surface area contributed by atoms with Gasteiger partial charge in [-0.1, -0.05) is 17.7 Å². The molecule has 1 aromatic carbocycles. The van der Waals surface area contributed by atoms with Gasteiger partial charge in [0.1, 0.15) is 6.29 Å². The quantitative estimate of drug-likeness (QED) is 0.820. The van der Waals surface area contributed by atoms with Crippen LogP contribution in [0.15, 0.2) is 18.2 Å². The van der Waals surface area contributed by atoms with Crippen molar-refractivity contribution in [3.8, 4) is 0 Å². The highest BCUT2D eigenvalue weighted by Crippen LogP contribution is 2.32. The van der Waals surface area contributed by atoms with Gasteiger partial charge >= 0.3 is 6.09 Å². The lowest BCUT2D eigenvalue weighted by Crippen LogP contribution is -2.62. The van der Waals surface area contributed by atoms with Gasteiger partial charge in [-0.3, -0.25) is 9.69 Å².